The minimum absolute atomic E-state index is 0.0161. The van der Waals surface area contributed by atoms with Crippen LogP contribution in [0.2, 0.25) is 0 Å². The summed E-state index contributed by atoms with van der Waals surface area (Å²) in [6, 6.07) is 1.90. The molecule has 1 unspecified atom stereocenters. The Morgan fingerprint density at radius 2 is 2.25 bits per heavy atom. The van der Waals surface area contributed by atoms with E-state index in [0.29, 0.717) is 0 Å². The average Bonchev–Trinajstić information content (AvgIpc) is 3.48. The van der Waals surface area contributed by atoms with Crippen molar-refractivity contribution in [3.05, 3.63) is 46.5 Å². The molecule has 1 atom stereocenters. The second-order valence-electron chi connectivity index (χ2n) is 6.07. The molecule has 1 fully saturated rings. The lowest BCUT2D eigenvalue weighted by atomic mass is 10.3. The number of halogens is 2. The first kappa shape index (κ1) is 21.2. The van der Waals surface area contributed by atoms with Crippen molar-refractivity contribution in [2.24, 2.45) is 10.9 Å². The van der Waals surface area contributed by atoms with E-state index in [1.54, 1.807) is 0 Å². The van der Waals surface area contributed by atoms with Gasteiger partial charge in [-0.15, -0.1) is 0 Å². The third-order valence-corrected chi connectivity index (χ3v) is 4.03. The molecule has 2 rings (SSSR count). The lowest BCUT2D eigenvalue weighted by Crippen LogP contribution is -2.31. The summed E-state index contributed by atoms with van der Waals surface area (Å²) < 4.78 is 35.7. The van der Waals surface area contributed by atoms with Gasteiger partial charge in [0.2, 0.25) is 5.88 Å². The summed E-state index contributed by atoms with van der Waals surface area (Å²) in [6.45, 7) is 3.72. The molecule has 0 saturated heterocycles. The molecule has 8 nitrogen and oxygen atoms in total. The van der Waals surface area contributed by atoms with Crippen molar-refractivity contribution in [1.29, 1.82) is 5.26 Å². The minimum atomic E-state index is -3.02. The van der Waals surface area contributed by atoms with E-state index in [4.69, 9.17) is 4.74 Å². The number of aromatic nitrogens is 2. The van der Waals surface area contributed by atoms with Gasteiger partial charge in [0.05, 0.1) is 11.4 Å². The number of hydrogen-bond acceptors (Lipinski definition) is 7. The van der Waals surface area contributed by atoms with E-state index in [1.807, 2.05) is 6.07 Å². The number of allylic oxidation sites excluding steroid dienone is 2. The number of aliphatic imine (C=N–C) groups is 1. The van der Waals surface area contributed by atoms with Crippen LogP contribution >= 0.6 is 0 Å². The van der Waals surface area contributed by atoms with Gasteiger partial charge in [-0.1, -0.05) is 6.58 Å². The first-order chi connectivity index (χ1) is 13.3. The van der Waals surface area contributed by atoms with Crippen LogP contribution in [0.25, 0.3) is 0 Å². The fraction of sp³-hybridized carbons (Fsp3) is 0.444. The quantitative estimate of drug-likeness (QED) is 0.511. The molecule has 0 radical (unpaired) electrons. The van der Waals surface area contributed by atoms with E-state index in [1.165, 1.54) is 37.8 Å². The maximum Gasteiger partial charge on any atom is 0.388 e. The number of nitriles is 1. The zero-order valence-corrected chi connectivity index (χ0v) is 15.8. The predicted molar refractivity (Wildman–Crippen MR) is 98.7 cm³/mol. The van der Waals surface area contributed by atoms with E-state index >= 15 is 0 Å². The largest absolute Gasteiger partial charge is 0.417 e. The number of alkyl halides is 2. The zero-order chi connectivity index (χ0) is 20.8. The van der Waals surface area contributed by atoms with Crippen molar-refractivity contribution in [2.75, 3.05) is 12.4 Å². The highest BCUT2D eigenvalue weighted by Crippen LogP contribution is 2.39. The van der Waals surface area contributed by atoms with E-state index < -0.39 is 18.4 Å². The van der Waals surface area contributed by atoms with Gasteiger partial charge in [0.15, 0.2) is 11.5 Å². The number of nitrogens with zero attached hydrogens (tertiary/aromatic N) is 4. The van der Waals surface area contributed by atoms with Gasteiger partial charge in [-0.2, -0.15) is 14.0 Å². The lowest BCUT2D eigenvalue weighted by molar-refractivity contribution is -0.0966. The maximum atomic E-state index is 12.8. The first-order valence-electron chi connectivity index (χ1n) is 8.49. The van der Waals surface area contributed by atoms with Crippen LogP contribution in [0.3, 0.4) is 0 Å². The zero-order valence-electron chi connectivity index (χ0n) is 15.8. The Hall–Kier alpha value is -3.06. The van der Waals surface area contributed by atoms with Crippen LogP contribution in [0.5, 0.6) is 0 Å². The summed E-state index contributed by atoms with van der Waals surface area (Å²) in [7, 11) is 1.49. The molecule has 0 aliphatic heterocycles. The van der Waals surface area contributed by atoms with Crippen LogP contribution in [0.4, 0.5) is 14.6 Å². The molecule has 1 heterocycles. The second-order valence-corrected chi connectivity index (χ2v) is 6.07. The molecule has 0 bridgehead atoms. The topological polar surface area (TPSA) is 102 Å². The normalized spacial score (nSPS) is 15.9. The molecule has 1 N–H and O–H groups in total. The number of nitrogens with one attached hydrogen (secondary N) is 1. The lowest BCUT2D eigenvalue weighted by Gasteiger charge is -2.19. The van der Waals surface area contributed by atoms with Crippen LogP contribution in [0.1, 0.15) is 38.6 Å². The monoisotopic (exact) mass is 393 g/mol. The number of hydrogen-bond donors (Lipinski definition) is 1. The van der Waals surface area contributed by atoms with Crippen LogP contribution in [0.15, 0.2) is 40.2 Å². The van der Waals surface area contributed by atoms with Gasteiger partial charge in [-0.05, 0) is 32.8 Å². The molecule has 0 spiro atoms. The number of ether oxygens (including phenoxy) is 2. The molecule has 1 aliphatic rings. The molecule has 1 aromatic heterocycles. The van der Waals surface area contributed by atoms with Gasteiger partial charge in [-0.25, -0.2) is 9.98 Å². The van der Waals surface area contributed by atoms with Crippen LogP contribution in [0, 0.1) is 17.2 Å². The second kappa shape index (κ2) is 9.23. The first-order valence-corrected chi connectivity index (χ1v) is 8.49. The molecule has 1 aromatic rings. The van der Waals surface area contributed by atoms with Gasteiger partial charge in [0.1, 0.15) is 12.3 Å². The average molecular weight is 393 g/mol. The molecule has 0 amide bonds. The van der Waals surface area contributed by atoms with Gasteiger partial charge < -0.3 is 14.8 Å². The Morgan fingerprint density at radius 3 is 2.75 bits per heavy atom. The molecular formula is C18H21F2N5O3. The summed E-state index contributed by atoms with van der Waals surface area (Å²) >= 11 is 0. The SMILES string of the molecule is C=C(Nc1nc(C#N)cn(C(OC)C2CC2)c1=O)/C(C)=N\C(=C\C)OC(F)F. The summed E-state index contributed by atoms with van der Waals surface area (Å²) in [5.41, 5.74) is -0.137. The Labute approximate surface area is 160 Å². The van der Waals surface area contributed by atoms with E-state index in [9.17, 15) is 18.8 Å². The maximum absolute atomic E-state index is 12.8. The molecule has 1 saturated carbocycles. The molecule has 1 aliphatic carbocycles. The Morgan fingerprint density at radius 1 is 1.57 bits per heavy atom. The van der Waals surface area contributed by atoms with E-state index in [2.05, 4.69) is 26.6 Å². The van der Waals surface area contributed by atoms with Gasteiger partial charge in [0.25, 0.3) is 5.56 Å². The number of methoxy groups -OCH3 is 1. The smallest absolute Gasteiger partial charge is 0.388 e. The van der Waals surface area contributed by atoms with Crippen LogP contribution in [-0.4, -0.2) is 29.0 Å². The Bertz CT molecular complexity index is 897. The third kappa shape index (κ3) is 5.23. The standard InChI is InChI=1S/C18H21F2N5O3/c1-5-14(28-18(19)20)22-10(2)11(3)23-15-16(26)25(9-13(8-21)24-15)17(27-4)12-6-7-12/h5,9,12,17-18H,3,6-7H2,1-2,4H3,(H,23,24)/b14-5-,22-10-. The number of anilines is 1. The Balaban J connectivity index is 2.31. The summed E-state index contributed by atoms with van der Waals surface area (Å²) in [5.74, 6) is -0.238. The Kier molecular flexibility index (Phi) is 7.00. The van der Waals surface area contributed by atoms with Crippen LogP contribution < -0.4 is 10.9 Å². The molecule has 150 valence electrons. The van der Waals surface area contributed by atoms with Gasteiger partial charge >= 0.3 is 6.61 Å². The molecule has 28 heavy (non-hydrogen) atoms. The van der Waals surface area contributed by atoms with Crippen molar-refractivity contribution in [3.8, 4) is 6.07 Å². The summed E-state index contributed by atoms with van der Waals surface area (Å²) in [5, 5.41) is 11.9. The van der Waals surface area contributed by atoms with E-state index in [-0.39, 0.29) is 34.7 Å². The summed E-state index contributed by atoms with van der Waals surface area (Å²) in [4.78, 5) is 20.7. The van der Waals surface area contributed by atoms with Gasteiger partial charge in [-0.3, -0.25) is 9.36 Å². The highest BCUT2D eigenvalue weighted by Gasteiger charge is 2.34. The highest BCUT2D eigenvalue weighted by molar-refractivity contribution is 6.00. The highest BCUT2D eigenvalue weighted by atomic mass is 19.3. The van der Waals surface area contributed by atoms with Crippen LogP contribution in [-0.2, 0) is 9.47 Å². The minimum Gasteiger partial charge on any atom is -0.417 e. The van der Waals surface area contributed by atoms with E-state index in [0.717, 1.165) is 12.8 Å². The predicted octanol–water partition coefficient (Wildman–Crippen LogP) is 3.16. The fourth-order valence-electron chi connectivity index (χ4n) is 2.46. The molecular weight excluding hydrogens is 372 g/mol. The van der Waals surface area contributed by atoms with Crippen molar-refractivity contribution >= 4 is 11.5 Å². The molecule has 0 aromatic carbocycles. The summed E-state index contributed by atoms with van der Waals surface area (Å²) in [6.07, 6.45) is 3.96. The third-order valence-electron chi connectivity index (χ3n) is 4.03. The van der Waals surface area contributed by atoms with Gasteiger partial charge in [0, 0.05) is 19.2 Å². The van der Waals surface area contributed by atoms with Crippen molar-refractivity contribution in [1.82, 2.24) is 9.55 Å². The molecule has 10 heteroatoms. The number of rotatable bonds is 9. The van der Waals surface area contributed by atoms with Crippen molar-refractivity contribution in [2.45, 2.75) is 39.5 Å². The fourth-order valence-corrected chi connectivity index (χ4v) is 2.46. The van der Waals surface area contributed by atoms with Crippen molar-refractivity contribution < 1.29 is 18.3 Å². The van der Waals surface area contributed by atoms with Crippen molar-refractivity contribution in [3.63, 3.8) is 0 Å².